The second-order valence-electron chi connectivity index (χ2n) is 8.71. The van der Waals surface area contributed by atoms with Gasteiger partial charge in [-0.25, -0.2) is 4.90 Å². The number of carbonyl (C=O) groups excluding carboxylic acids is 3. The number of hydrogen-bond acceptors (Lipinski definition) is 7. The number of benzene rings is 2. The second kappa shape index (κ2) is 9.77. The lowest BCUT2D eigenvalue weighted by Crippen LogP contribution is -2.32. The number of nitrogens with one attached hydrogen (secondary N) is 1. The van der Waals surface area contributed by atoms with Crippen LogP contribution in [0.25, 0.3) is 0 Å². The first-order valence-electron chi connectivity index (χ1n) is 11.4. The molecule has 2 aromatic heterocycles. The number of thiazole rings is 1. The number of para-hydroxylation sites is 1. The zero-order valence-electron chi connectivity index (χ0n) is 19.3. The highest BCUT2D eigenvalue weighted by Crippen LogP contribution is 2.53. The number of fused-ring (bicyclic) bond motifs is 2. The summed E-state index contributed by atoms with van der Waals surface area (Å²) < 4.78 is 7.03. The quantitative estimate of drug-likeness (QED) is 0.321. The summed E-state index contributed by atoms with van der Waals surface area (Å²) >= 11 is 14.1. The van der Waals surface area contributed by atoms with Gasteiger partial charge in [0, 0.05) is 5.69 Å². The van der Waals surface area contributed by atoms with Crippen LogP contribution in [-0.2, 0) is 20.9 Å². The summed E-state index contributed by atoms with van der Waals surface area (Å²) in [5.41, 5.74) is 0.912. The second-order valence-corrected chi connectivity index (χ2v) is 11.6. The third-order valence-electron chi connectivity index (χ3n) is 6.42. The molecule has 1 N–H and O–H groups in total. The van der Waals surface area contributed by atoms with Crippen LogP contribution in [0, 0.1) is 5.92 Å². The Morgan fingerprint density at radius 1 is 0.974 bits per heavy atom. The highest BCUT2D eigenvalue weighted by Gasteiger charge is 2.57. The van der Waals surface area contributed by atoms with Crippen molar-refractivity contribution in [1.82, 2.24) is 4.57 Å². The molecule has 4 aromatic rings. The number of thioether (sulfide) groups is 1. The molecule has 3 amide bonds. The van der Waals surface area contributed by atoms with E-state index in [1.165, 1.54) is 21.8 Å². The van der Waals surface area contributed by atoms with E-state index in [1.54, 1.807) is 54.6 Å². The Bertz CT molecular complexity index is 1630. The molecule has 8 nitrogen and oxygen atoms in total. The minimum absolute atomic E-state index is 0.282. The Kier molecular flexibility index (Phi) is 6.43. The van der Waals surface area contributed by atoms with Crippen molar-refractivity contribution in [2.45, 2.75) is 22.7 Å². The van der Waals surface area contributed by atoms with Gasteiger partial charge in [0.15, 0.2) is 0 Å². The van der Waals surface area contributed by atoms with E-state index in [9.17, 15) is 19.2 Å². The summed E-state index contributed by atoms with van der Waals surface area (Å²) in [6.07, 6.45) is 1.49. The van der Waals surface area contributed by atoms with E-state index in [0.29, 0.717) is 32.1 Å². The minimum atomic E-state index is -0.788. The number of aromatic nitrogens is 1. The molecule has 1 saturated heterocycles. The Morgan fingerprint density at radius 3 is 2.47 bits per heavy atom. The average Bonchev–Trinajstić information content (AvgIpc) is 3.59. The first-order valence-corrected chi connectivity index (χ1v) is 13.9. The molecule has 2 aliphatic heterocycles. The topological polar surface area (TPSA) is 102 Å². The van der Waals surface area contributed by atoms with Crippen molar-refractivity contribution in [3.8, 4) is 0 Å². The number of halogens is 2. The van der Waals surface area contributed by atoms with Crippen LogP contribution in [0.1, 0.15) is 16.6 Å². The van der Waals surface area contributed by atoms with E-state index in [-0.39, 0.29) is 28.3 Å². The summed E-state index contributed by atoms with van der Waals surface area (Å²) in [5, 5.41) is 3.04. The maximum Gasteiger partial charge on any atom is 0.308 e. The molecule has 2 aliphatic rings. The van der Waals surface area contributed by atoms with E-state index < -0.39 is 23.0 Å². The average molecular weight is 586 g/mol. The van der Waals surface area contributed by atoms with Gasteiger partial charge in [0.1, 0.15) is 17.6 Å². The van der Waals surface area contributed by atoms with Crippen LogP contribution < -0.4 is 15.1 Å². The van der Waals surface area contributed by atoms with E-state index in [1.807, 2.05) is 0 Å². The fraction of sp³-hybridized carbons (Fsp3) is 0.154. The van der Waals surface area contributed by atoms with Crippen LogP contribution in [0.2, 0.25) is 10.0 Å². The number of amides is 3. The summed E-state index contributed by atoms with van der Waals surface area (Å²) in [5.74, 6) is -2.11. The van der Waals surface area contributed by atoms with Crippen LogP contribution in [0.3, 0.4) is 0 Å². The molecule has 0 spiro atoms. The van der Waals surface area contributed by atoms with Crippen molar-refractivity contribution in [1.29, 1.82) is 0 Å². The highest BCUT2D eigenvalue weighted by atomic mass is 35.5. The molecule has 3 atom stereocenters. The predicted octanol–water partition coefficient (Wildman–Crippen LogP) is 5.24. The van der Waals surface area contributed by atoms with Gasteiger partial charge in [-0.05, 0) is 42.5 Å². The molecular weight excluding hydrogens is 569 g/mol. The molecule has 0 bridgehead atoms. The van der Waals surface area contributed by atoms with Gasteiger partial charge in [0.05, 0.1) is 43.7 Å². The molecule has 2 unspecified atom stereocenters. The van der Waals surface area contributed by atoms with E-state index in [4.69, 9.17) is 27.6 Å². The van der Waals surface area contributed by atoms with E-state index in [2.05, 4.69) is 5.32 Å². The number of hydrogen-bond donors (Lipinski definition) is 1. The Balaban J connectivity index is 1.37. The zero-order chi connectivity index (χ0) is 26.6. The van der Waals surface area contributed by atoms with E-state index >= 15 is 0 Å². The lowest BCUT2D eigenvalue weighted by Gasteiger charge is -2.29. The summed E-state index contributed by atoms with van der Waals surface area (Å²) in [6, 6.07) is 16.8. The van der Waals surface area contributed by atoms with Gasteiger partial charge in [0.2, 0.25) is 17.7 Å². The molecule has 1 fully saturated rings. The summed E-state index contributed by atoms with van der Waals surface area (Å²) in [6.45, 7) is -0.287. The van der Waals surface area contributed by atoms with Crippen LogP contribution in [0.15, 0.2) is 81.2 Å². The fourth-order valence-corrected chi connectivity index (χ4v) is 7.83. The molecule has 4 heterocycles. The largest absolute Gasteiger partial charge is 0.469 e. The van der Waals surface area contributed by atoms with Crippen molar-refractivity contribution >= 4 is 75.4 Å². The first kappa shape index (κ1) is 25.0. The molecule has 0 radical (unpaired) electrons. The van der Waals surface area contributed by atoms with E-state index in [0.717, 1.165) is 23.1 Å². The van der Waals surface area contributed by atoms with Gasteiger partial charge in [0.25, 0.3) is 0 Å². The maximum absolute atomic E-state index is 13.7. The van der Waals surface area contributed by atoms with Crippen LogP contribution in [-0.4, -0.2) is 27.5 Å². The normalized spacial score (nSPS) is 20.4. The standard InChI is InChI=1S/C26H17Cl2N3O5S2/c27-15-9-8-13(11-16(15)28)29-18(32)12-30-25-22(38-26(30)35)19(17-7-4-10-36-17)20-21(37-25)24(34)31(23(20)33)14-5-2-1-3-6-14/h1-11,19-21H,12H2,(H,29,32)/t19-,20?,21?/m1/s1. The molecular formula is C26H17Cl2N3O5S2. The molecule has 6 rings (SSSR count). The number of carbonyl (C=O) groups is 3. The molecule has 0 aliphatic carbocycles. The fourth-order valence-electron chi connectivity index (χ4n) is 4.78. The van der Waals surface area contributed by atoms with Crippen LogP contribution >= 0.6 is 46.3 Å². The van der Waals surface area contributed by atoms with Gasteiger partial charge < -0.3 is 9.73 Å². The summed E-state index contributed by atoms with van der Waals surface area (Å²) in [4.78, 5) is 54.7. The minimum Gasteiger partial charge on any atom is -0.469 e. The predicted molar refractivity (Wildman–Crippen MR) is 146 cm³/mol. The number of anilines is 2. The molecule has 2 aromatic carbocycles. The van der Waals surface area contributed by atoms with Gasteiger partial charge in [-0.15, -0.1) is 0 Å². The summed E-state index contributed by atoms with van der Waals surface area (Å²) in [7, 11) is 0. The third-order valence-corrected chi connectivity index (χ3v) is 9.76. The Hall–Kier alpha value is -3.31. The molecule has 0 saturated carbocycles. The first-order chi connectivity index (χ1) is 18.3. The van der Waals surface area contributed by atoms with Crippen molar-refractivity contribution in [2.24, 2.45) is 5.92 Å². The van der Waals surface area contributed by atoms with Gasteiger partial charge in [-0.3, -0.25) is 23.7 Å². The highest BCUT2D eigenvalue weighted by molar-refractivity contribution is 8.00. The van der Waals surface area contributed by atoms with Gasteiger partial charge >= 0.3 is 4.87 Å². The van der Waals surface area contributed by atoms with Gasteiger partial charge in [-0.1, -0.05) is 64.5 Å². The molecule has 192 valence electrons. The lowest BCUT2D eigenvalue weighted by atomic mass is 9.87. The Labute approximate surface area is 234 Å². The number of rotatable bonds is 5. The smallest absolute Gasteiger partial charge is 0.308 e. The van der Waals surface area contributed by atoms with Crippen molar-refractivity contribution in [3.63, 3.8) is 0 Å². The van der Waals surface area contributed by atoms with Crippen molar-refractivity contribution in [2.75, 3.05) is 10.2 Å². The van der Waals surface area contributed by atoms with Crippen molar-refractivity contribution in [3.05, 3.63) is 97.3 Å². The van der Waals surface area contributed by atoms with Crippen LogP contribution in [0.4, 0.5) is 11.4 Å². The number of imide groups is 1. The monoisotopic (exact) mass is 585 g/mol. The number of furan rings is 1. The third kappa shape index (κ3) is 4.17. The van der Waals surface area contributed by atoms with Gasteiger partial charge in [-0.2, -0.15) is 0 Å². The van der Waals surface area contributed by atoms with Crippen molar-refractivity contribution < 1.29 is 18.8 Å². The maximum atomic E-state index is 13.7. The SMILES string of the molecule is O=C(Cn1c2c(sc1=O)[C@H](c1ccco1)C1C(=O)N(c3ccccc3)C(=O)C1S2)Nc1ccc(Cl)c(Cl)c1. The zero-order valence-corrected chi connectivity index (χ0v) is 22.4. The van der Waals surface area contributed by atoms with Crippen LogP contribution in [0.5, 0.6) is 0 Å². The molecule has 12 heteroatoms. The Morgan fingerprint density at radius 2 is 1.76 bits per heavy atom. The lowest BCUT2D eigenvalue weighted by molar-refractivity contribution is -0.122. The molecule has 38 heavy (non-hydrogen) atoms. The number of nitrogens with zero attached hydrogens (tertiary/aromatic N) is 2.